The SMILES string of the molecule is CC(C)[C@]1(C)CC[C@@H](NC(=O)C(C)(C)C)CC1. The molecule has 0 aliphatic heterocycles. The Hall–Kier alpha value is -0.530. The fourth-order valence-electron chi connectivity index (χ4n) is 2.40. The van der Waals surface area contributed by atoms with Gasteiger partial charge in [0.1, 0.15) is 0 Å². The van der Waals surface area contributed by atoms with Crippen LogP contribution >= 0.6 is 0 Å². The van der Waals surface area contributed by atoms with E-state index in [1.54, 1.807) is 0 Å². The molecule has 0 saturated heterocycles. The molecule has 0 aromatic carbocycles. The summed E-state index contributed by atoms with van der Waals surface area (Å²) < 4.78 is 0. The van der Waals surface area contributed by atoms with Crippen LogP contribution in [0.1, 0.15) is 67.2 Å². The molecule has 0 heterocycles. The molecule has 2 nitrogen and oxygen atoms in total. The topological polar surface area (TPSA) is 29.1 Å². The molecule has 0 bridgehead atoms. The highest BCUT2D eigenvalue weighted by Gasteiger charge is 2.35. The first-order valence-electron chi connectivity index (χ1n) is 6.96. The Kier molecular flexibility index (Phi) is 4.27. The number of amides is 1. The third-order valence-corrected chi connectivity index (χ3v) is 4.54. The predicted octanol–water partition coefficient (Wildman–Crippen LogP) is 3.75. The van der Waals surface area contributed by atoms with Crippen molar-refractivity contribution in [2.24, 2.45) is 16.7 Å². The summed E-state index contributed by atoms with van der Waals surface area (Å²) in [4.78, 5) is 11.9. The lowest BCUT2D eigenvalue weighted by Gasteiger charge is -2.41. The van der Waals surface area contributed by atoms with Crippen LogP contribution in [0.5, 0.6) is 0 Å². The molecule has 100 valence electrons. The molecule has 0 spiro atoms. The van der Waals surface area contributed by atoms with Crippen molar-refractivity contribution in [2.45, 2.75) is 73.3 Å². The van der Waals surface area contributed by atoms with E-state index in [1.807, 2.05) is 20.8 Å². The molecule has 0 aromatic rings. The van der Waals surface area contributed by atoms with Crippen molar-refractivity contribution in [2.75, 3.05) is 0 Å². The van der Waals surface area contributed by atoms with Crippen LogP contribution in [0.4, 0.5) is 0 Å². The number of nitrogens with one attached hydrogen (secondary N) is 1. The molecule has 2 heteroatoms. The second kappa shape index (κ2) is 4.99. The Labute approximate surface area is 107 Å². The van der Waals surface area contributed by atoms with Crippen LogP contribution in [-0.2, 0) is 4.79 Å². The Morgan fingerprint density at radius 2 is 1.71 bits per heavy atom. The van der Waals surface area contributed by atoms with Gasteiger partial charge in [-0.1, -0.05) is 41.5 Å². The lowest BCUT2D eigenvalue weighted by molar-refractivity contribution is -0.129. The van der Waals surface area contributed by atoms with E-state index in [0.29, 0.717) is 11.5 Å². The third-order valence-electron chi connectivity index (χ3n) is 4.54. The number of carbonyl (C=O) groups excluding carboxylic acids is 1. The first-order chi connectivity index (χ1) is 7.65. The molecule has 1 aliphatic rings. The molecule has 1 amide bonds. The molecule has 0 radical (unpaired) electrons. The summed E-state index contributed by atoms with van der Waals surface area (Å²) in [5, 5.41) is 3.20. The van der Waals surface area contributed by atoms with E-state index in [0.717, 1.165) is 18.8 Å². The van der Waals surface area contributed by atoms with E-state index in [9.17, 15) is 4.79 Å². The average Bonchev–Trinajstić information content (AvgIpc) is 2.20. The van der Waals surface area contributed by atoms with E-state index in [4.69, 9.17) is 0 Å². The van der Waals surface area contributed by atoms with Crippen LogP contribution < -0.4 is 5.32 Å². The smallest absolute Gasteiger partial charge is 0.225 e. The number of hydrogen-bond donors (Lipinski definition) is 1. The maximum atomic E-state index is 11.9. The predicted molar refractivity (Wildman–Crippen MR) is 72.8 cm³/mol. The van der Waals surface area contributed by atoms with Crippen molar-refractivity contribution in [1.29, 1.82) is 0 Å². The van der Waals surface area contributed by atoms with Gasteiger partial charge in [-0.3, -0.25) is 4.79 Å². The van der Waals surface area contributed by atoms with Gasteiger partial charge in [0.15, 0.2) is 0 Å². The van der Waals surface area contributed by atoms with Crippen LogP contribution in [0.15, 0.2) is 0 Å². The summed E-state index contributed by atoms with van der Waals surface area (Å²) >= 11 is 0. The van der Waals surface area contributed by atoms with Gasteiger partial charge in [-0.05, 0) is 37.0 Å². The summed E-state index contributed by atoms with van der Waals surface area (Å²) in [6.45, 7) is 12.9. The van der Waals surface area contributed by atoms with Gasteiger partial charge in [-0.25, -0.2) is 0 Å². The minimum Gasteiger partial charge on any atom is -0.353 e. The fraction of sp³-hybridized carbons (Fsp3) is 0.933. The maximum absolute atomic E-state index is 11.9. The highest BCUT2D eigenvalue weighted by atomic mass is 16.2. The molecule has 1 saturated carbocycles. The first kappa shape index (κ1) is 14.5. The molecule has 1 fully saturated rings. The standard InChI is InChI=1S/C15H29NO/c1-11(2)15(6)9-7-12(8-10-15)16-13(17)14(3,4)5/h11-12H,7-10H2,1-6H3,(H,16,17)/t12-,15-. The van der Waals surface area contributed by atoms with Gasteiger partial charge in [0, 0.05) is 11.5 Å². The Bertz CT molecular complexity index is 267. The Morgan fingerprint density at radius 3 is 2.06 bits per heavy atom. The number of hydrogen-bond acceptors (Lipinski definition) is 1. The van der Waals surface area contributed by atoms with E-state index >= 15 is 0 Å². The molecular formula is C15H29NO. The minimum atomic E-state index is -0.265. The van der Waals surface area contributed by atoms with E-state index < -0.39 is 0 Å². The Morgan fingerprint density at radius 1 is 1.24 bits per heavy atom. The van der Waals surface area contributed by atoms with Crippen molar-refractivity contribution in [3.8, 4) is 0 Å². The van der Waals surface area contributed by atoms with Crippen molar-refractivity contribution >= 4 is 5.91 Å². The summed E-state index contributed by atoms with van der Waals surface area (Å²) in [5.74, 6) is 0.928. The number of rotatable bonds is 2. The van der Waals surface area contributed by atoms with Crippen LogP contribution in [-0.4, -0.2) is 11.9 Å². The maximum Gasteiger partial charge on any atom is 0.225 e. The van der Waals surface area contributed by atoms with Crippen molar-refractivity contribution < 1.29 is 4.79 Å². The van der Waals surface area contributed by atoms with Gasteiger partial charge >= 0.3 is 0 Å². The van der Waals surface area contributed by atoms with Crippen molar-refractivity contribution in [3.63, 3.8) is 0 Å². The zero-order chi connectivity index (χ0) is 13.3. The molecule has 0 unspecified atom stereocenters. The highest BCUT2D eigenvalue weighted by Crippen LogP contribution is 2.41. The molecule has 17 heavy (non-hydrogen) atoms. The largest absolute Gasteiger partial charge is 0.353 e. The Balaban J connectivity index is 2.46. The van der Waals surface area contributed by atoms with Gasteiger partial charge in [-0.2, -0.15) is 0 Å². The zero-order valence-corrected chi connectivity index (χ0v) is 12.4. The van der Waals surface area contributed by atoms with E-state index in [1.165, 1.54) is 12.8 Å². The van der Waals surface area contributed by atoms with Gasteiger partial charge in [0.2, 0.25) is 5.91 Å². The second-order valence-corrected chi connectivity index (χ2v) is 7.31. The summed E-state index contributed by atoms with van der Waals surface area (Å²) in [6, 6.07) is 0.397. The zero-order valence-electron chi connectivity index (χ0n) is 12.4. The molecule has 0 atom stereocenters. The van der Waals surface area contributed by atoms with Gasteiger partial charge in [0.05, 0.1) is 0 Å². The lowest BCUT2D eigenvalue weighted by Crippen LogP contribution is -2.45. The van der Waals surface area contributed by atoms with E-state index in [2.05, 4.69) is 26.1 Å². The monoisotopic (exact) mass is 239 g/mol. The van der Waals surface area contributed by atoms with Crippen molar-refractivity contribution in [3.05, 3.63) is 0 Å². The molecule has 1 N–H and O–H groups in total. The number of carbonyl (C=O) groups is 1. The molecule has 1 rings (SSSR count). The quantitative estimate of drug-likeness (QED) is 0.781. The molecular weight excluding hydrogens is 210 g/mol. The molecule has 1 aliphatic carbocycles. The summed E-state index contributed by atoms with van der Waals surface area (Å²) in [5.41, 5.74) is 0.210. The first-order valence-corrected chi connectivity index (χ1v) is 6.96. The summed E-state index contributed by atoms with van der Waals surface area (Å²) in [6.07, 6.45) is 4.74. The normalized spacial score (nSPS) is 30.4. The summed E-state index contributed by atoms with van der Waals surface area (Å²) in [7, 11) is 0. The van der Waals surface area contributed by atoms with Crippen LogP contribution in [0.2, 0.25) is 0 Å². The molecule has 0 aromatic heterocycles. The van der Waals surface area contributed by atoms with Gasteiger partial charge in [-0.15, -0.1) is 0 Å². The van der Waals surface area contributed by atoms with Gasteiger partial charge < -0.3 is 5.32 Å². The van der Waals surface area contributed by atoms with Crippen LogP contribution in [0.3, 0.4) is 0 Å². The average molecular weight is 239 g/mol. The lowest BCUT2D eigenvalue weighted by atomic mass is 9.67. The van der Waals surface area contributed by atoms with E-state index in [-0.39, 0.29) is 11.3 Å². The van der Waals surface area contributed by atoms with Gasteiger partial charge in [0.25, 0.3) is 0 Å². The van der Waals surface area contributed by atoms with Crippen molar-refractivity contribution in [1.82, 2.24) is 5.32 Å². The minimum absolute atomic E-state index is 0.190. The highest BCUT2D eigenvalue weighted by molar-refractivity contribution is 5.81. The second-order valence-electron chi connectivity index (χ2n) is 7.31. The fourth-order valence-corrected chi connectivity index (χ4v) is 2.40. The van der Waals surface area contributed by atoms with Crippen LogP contribution in [0, 0.1) is 16.7 Å². The van der Waals surface area contributed by atoms with Crippen LogP contribution in [0.25, 0.3) is 0 Å². The third kappa shape index (κ3) is 3.72.